The molecular formula is C12H17N3O3. The summed E-state index contributed by atoms with van der Waals surface area (Å²) in [4.78, 5) is 22.6. The number of rotatable bonds is 5. The van der Waals surface area contributed by atoms with E-state index in [-0.39, 0.29) is 19.0 Å². The average molecular weight is 251 g/mol. The molecule has 0 radical (unpaired) electrons. The molecule has 0 unspecified atom stereocenters. The van der Waals surface area contributed by atoms with Crippen LogP contribution in [0.1, 0.15) is 24.2 Å². The summed E-state index contributed by atoms with van der Waals surface area (Å²) in [6.45, 7) is 4.09. The molecule has 98 valence electrons. The quantitative estimate of drug-likeness (QED) is 0.797. The van der Waals surface area contributed by atoms with E-state index in [4.69, 9.17) is 5.11 Å². The van der Waals surface area contributed by atoms with Crippen LogP contribution in [0, 0.1) is 19.3 Å². The molecule has 1 fully saturated rings. The van der Waals surface area contributed by atoms with Crippen molar-refractivity contribution in [3.63, 3.8) is 0 Å². The van der Waals surface area contributed by atoms with Gasteiger partial charge < -0.3 is 10.4 Å². The summed E-state index contributed by atoms with van der Waals surface area (Å²) in [7, 11) is 0. The van der Waals surface area contributed by atoms with Gasteiger partial charge in [0.15, 0.2) is 0 Å². The van der Waals surface area contributed by atoms with Gasteiger partial charge in [0.25, 0.3) is 0 Å². The Balaban J connectivity index is 1.86. The van der Waals surface area contributed by atoms with E-state index in [9.17, 15) is 9.59 Å². The number of aromatic nitrogens is 2. The fraction of sp³-hybridized carbons (Fsp3) is 0.583. The molecule has 2 N–H and O–H groups in total. The van der Waals surface area contributed by atoms with E-state index in [0.29, 0.717) is 12.8 Å². The Labute approximate surface area is 105 Å². The maximum Gasteiger partial charge on any atom is 0.311 e. The van der Waals surface area contributed by atoms with Crippen LogP contribution in [0.25, 0.3) is 0 Å². The number of carboxylic acid groups (broad SMARTS) is 1. The Bertz CT molecular complexity index is 489. The lowest BCUT2D eigenvalue weighted by molar-refractivity contribution is -0.143. The monoisotopic (exact) mass is 251 g/mol. The van der Waals surface area contributed by atoms with Gasteiger partial charge in [-0.1, -0.05) is 0 Å². The first kappa shape index (κ1) is 12.6. The molecule has 6 heteroatoms. The van der Waals surface area contributed by atoms with Crippen LogP contribution in [0.5, 0.6) is 0 Å². The van der Waals surface area contributed by atoms with Gasteiger partial charge >= 0.3 is 5.97 Å². The molecule has 0 atom stereocenters. The summed E-state index contributed by atoms with van der Waals surface area (Å²) in [5, 5.41) is 15.8. The third-order valence-corrected chi connectivity index (χ3v) is 3.33. The predicted octanol–water partition coefficient (Wildman–Crippen LogP) is 0.481. The number of aliphatic carboxylic acids is 1. The molecule has 6 nitrogen and oxygen atoms in total. The molecule has 0 saturated heterocycles. The molecule has 18 heavy (non-hydrogen) atoms. The molecule has 1 aromatic rings. The third kappa shape index (κ3) is 2.52. The van der Waals surface area contributed by atoms with Gasteiger partial charge in [-0.3, -0.25) is 14.3 Å². The number of nitrogens with zero attached hydrogens (tertiary/aromatic N) is 2. The molecule has 1 aliphatic rings. The van der Waals surface area contributed by atoms with Gasteiger partial charge in [0.2, 0.25) is 5.91 Å². The second-order valence-electron chi connectivity index (χ2n) is 4.95. The summed E-state index contributed by atoms with van der Waals surface area (Å²) < 4.78 is 1.62. The molecule has 0 aromatic carbocycles. The van der Waals surface area contributed by atoms with Gasteiger partial charge in [-0.15, -0.1) is 0 Å². The number of carbonyl (C=O) groups excluding carboxylic acids is 1. The maximum atomic E-state index is 11.7. The first-order valence-corrected chi connectivity index (χ1v) is 5.94. The smallest absolute Gasteiger partial charge is 0.311 e. The zero-order valence-corrected chi connectivity index (χ0v) is 10.6. The van der Waals surface area contributed by atoms with Gasteiger partial charge in [0.1, 0.15) is 6.54 Å². The number of hydrogen-bond donors (Lipinski definition) is 2. The summed E-state index contributed by atoms with van der Waals surface area (Å²) in [5.41, 5.74) is 1.07. The topological polar surface area (TPSA) is 84.2 Å². The van der Waals surface area contributed by atoms with Crippen LogP contribution >= 0.6 is 0 Å². The Kier molecular flexibility index (Phi) is 3.11. The highest BCUT2D eigenvalue weighted by molar-refractivity contribution is 5.80. The standard InChI is InChI=1S/C12H17N3O3/c1-8-5-9(2)15(14-8)6-10(16)13-7-12(3-4-12)11(17)18/h5H,3-4,6-7H2,1-2H3,(H,13,16)(H,17,18). The molecule has 0 bridgehead atoms. The summed E-state index contributed by atoms with van der Waals surface area (Å²) >= 11 is 0. The molecule has 1 aromatic heterocycles. The Morgan fingerprint density at radius 1 is 1.50 bits per heavy atom. The van der Waals surface area contributed by atoms with Crippen molar-refractivity contribution in [3.8, 4) is 0 Å². The normalized spacial score (nSPS) is 16.3. The van der Waals surface area contributed by atoms with Gasteiger partial charge in [0.05, 0.1) is 11.1 Å². The fourth-order valence-electron chi connectivity index (χ4n) is 1.91. The van der Waals surface area contributed by atoms with Gasteiger partial charge in [-0.2, -0.15) is 5.10 Å². The number of amides is 1. The van der Waals surface area contributed by atoms with Crippen molar-refractivity contribution in [1.82, 2.24) is 15.1 Å². The molecule has 1 saturated carbocycles. The predicted molar refractivity (Wildman–Crippen MR) is 64.0 cm³/mol. The molecule has 0 aliphatic heterocycles. The molecular weight excluding hydrogens is 234 g/mol. The van der Waals surface area contributed by atoms with E-state index in [2.05, 4.69) is 10.4 Å². The highest BCUT2D eigenvalue weighted by Crippen LogP contribution is 2.45. The number of carboxylic acids is 1. The summed E-state index contributed by atoms with van der Waals surface area (Å²) in [5.74, 6) is -1.03. The molecule has 0 spiro atoms. The highest BCUT2D eigenvalue weighted by atomic mass is 16.4. The van der Waals surface area contributed by atoms with E-state index in [0.717, 1.165) is 11.4 Å². The first-order valence-electron chi connectivity index (χ1n) is 5.94. The van der Waals surface area contributed by atoms with Crippen molar-refractivity contribution in [2.24, 2.45) is 5.41 Å². The Morgan fingerprint density at radius 3 is 2.61 bits per heavy atom. The lowest BCUT2D eigenvalue weighted by Gasteiger charge is -2.11. The number of carbonyl (C=O) groups is 2. The summed E-state index contributed by atoms with van der Waals surface area (Å²) in [6.07, 6.45) is 1.28. The van der Waals surface area contributed by atoms with E-state index in [1.807, 2.05) is 19.9 Å². The van der Waals surface area contributed by atoms with Crippen LogP contribution in [0.3, 0.4) is 0 Å². The van der Waals surface area contributed by atoms with Crippen LogP contribution < -0.4 is 5.32 Å². The minimum absolute atomic E-state index is 0.134. The van der Waals surface area contributed by atoms with Crippen LogP contribution in [0.4, 0.5) is 0 Å². The van der Waals surface area contributed by atoms with Crippen molar-refractivity contribution in [1.29, 1.82) is 0 Å². The molecule has 1 amide bonds. The van der Waals surface area contributed by atoms with Crippen molar-refractivity contribution < 1.29 is 14.7 Å². The van der Waals surface area contributed by atoms with E-state index in [1.165, 1.54) is 0 Å². The van der Waals surface area contributed by atoms with Gasteiger partial charge in [-0.05, 0) is 32.8 Å². The average Bonchev–Trinajstić information content (AvgIpc) is 3.00. The highest BCUT2D eigenvalue weighted by Gasteiger charge is 2.50. The SMILES string of the molecule is Cc1cc(C)n(CC(=O)NCC2(C(=O)O)CC2)n1. The molecule has 1 heterocycles. The Hall–Kier alpha value is -1.85. The zero-order chi connectivity index (χ0) is 13.3. The van der Waals surface area contributed by atoms with Gasteiger partial charge in [0, 0.05) is 12.2 Å². The van der Waals surface area contributed by atoms with Crippen LogP contribution in [0.2, 0.25) is 0 Å². The zero-order valence-electron chi connectivity index (χ0n) is 10.6. The van der Waals surface area contributed by atoms with Crippen molar-refractivity contribution in [3.05, 3.63) is 17.5 Å². The second-order valence-corrected chi connectivity index (χ2v) is 4.95. The molecule has 2 rings (SSSR count). The van der Waals surface area contributed by atoms with Crippen LogP contribution in [-0.2, 0) is 16.1 Å². The largest absolute Gasteiger partial charge is 0.481 e. The number of hydrogen-bond acceptors (Lipinski definition) is 3. The molecule has 1 aliphatic carbocycles. The number of aryl methyl sites for hydroxylation is 2. The fourth-order valence-corrected chi connectivity index (χ4v) is 1.91. The van der Waals surface area contributed by atoms with Crippen LogP contribution in [0.15, 0.2) is 6.07 Å². The minimum Gasteiger partial charge on any atom is -0.481 e. The van der Waals surface area contributed by atoms with E-state index >= 15 is 0 Å². The van der Waals surface area contributed by atoms with Crippen molar-refractivity contribution >= 4 is 11.9 Å². The van der Waals surface area contributed by atoms with Crippen molar-refractivity contribution in [2.45, 2.75) is 33.2 Å². The van der Waals surface area contributed by atoms with E-state index < -0.39 is 11.4 Å². The summed E-state index contributed by atoms with van der Waals surface area (Å²) in [6, 6.07) is 1.90. The van der Waals surface area contributed by atoms with Crippen LogP contribution in [-0.4, -0.2) is 33.3 Å². The first-order chi connectivity index (χ1) is 8.43. The Morgan fingerprint density at radius 2 is 2.17 bits per heavy atom. The van der Waals surface area contributed by atoms with E-state index in [1.54, 1.807) is 4.68 Å². The van der Waals surface area contributed by atoms with Crippen molar-refractivity contribution in [2.75, 3.05) is 6.54 Å². The second kappa shape index (κ2) is 4.44. The minimum atomic E-state index is -0.825. The third-order valence-electron chi connectivity index (χ3n) is 3.33. The maximum absolute atomic E-state index is 11.7. The lowest BCUT2D eigenvalue weighted by Crippen LogP contribution is -2.36. The number of nitrogens with one attached hydrogen (secondary N) is 1. The lowest BCUT2D eigenvalue weighted by atomic mass is 10.1. The van der Waals surface area contributed by atoms with Gasteiger partial charge in [-0.25, -0.2) is 0 Å².